The summed E-state index contributed by atoms with van der Waals surface area (Å²) < 4.78 is 10.9. The number of ether oxygens (including phenoxy) is 2. The first kappa shape index (κ1) is 23.3. The Bertz CT molecular complexity index is 963. The summed E-state index contributed by atoms with van der Waals surface area (Å²) >= 11 is 0. The Hall–Kier alpha value is -3.35. The Morgan fingerprint density at radius 2 is 1.47 bits per heavy atom. The minimum atomic E-state index is -0.609. The molecule has 3 rings (SSSR count). The molecule has 1 atom stereocenters. The van der Waals surface area contributed by atoms with Crippen LogP contribution in [0.2, 0.25) is 0 Å². The van der Waals surface area contributed by atoms with Gasteiger partial charge in [-0.3, -0.25) is 14.4 Å². The molecular weight excluding hydrogens is 408 g/mol. The third-order valence-corrected chi connectivity index (χ3v) is 5.43. The molecule has 7 nitrogen and oxygen atoms in total. The third kappa shape index (κ3) is 5.87. The molecule has 1 unspecified atom stereocenters. The molecule has 0 bridgehead atoms. The van der Waals surface area contributed by atoms with Crippen LogP contribution in [0.3, 0.4) is 0 Å². The standard InChI is InChI=1S/C25H30N2O5/c1-17(2)20-8-10-22(11-9-20)31-18(3)24(29)26-12-14-27(15-13-26)25(30)21-6-5-7-23(16-21)32-19(4)28/h5-11,16-18H,12-15H2,1-4H3. The maximum absolute atomic E-state index is 12.8. The number of piperazine rings is 1. The Balaban J connectivity index is 1.53. The molecule has 1 aliphatic rings. The average molecular weight is 439 g/mol. The summed E-state index contributed by atoms with van der Waals surface area (Å²) in [6.45, 7) is 9.05. The van der Waals surface area contributed by atoms with Gasteiger partial charge in [-0.2, -0.15) is 0 Å². The topological polar surface area (TPSA) is 76.2 Å². The fraction of sp³-hybridized carbons (Fsp3) is 0.400. The van der Waals surface area contributed by atoms with Gasteiger partial charge in [-0.15, -0.1) is 0 Å². The van der Waals surface area contributed by atoms with E-state index in [1.165, 1.54) is 12.5 Å². The van der Waals surface area contributed by atoms with Gasteiger partial charge in [0.25, 0.3) is 11.8 Å². The van der Waals surface area contributed by atoms with Crippen LogP contribution >= 0.6 is 0 Å². The Morgan fingerprint density at radius 3 is 2.06 bits per heavy atom. The van der Waals surface area contributed by atoms with Crippen LogP contribution in [0, 0.1) is 0 Å². The molecule has 2 aromatic carbocycles. The zero-order valence-corrected chi connectivity index (χ0v) is 19.0. The molecule has 1 aliphatic heterocycles. The first-order valence-electron chi connectivity index (χ1n) is 10.9. The number of hydrogen-bond donors (Lipinski definition) is 0. The normalized spacial score (nSPS) is 14.8. The molecule has 2 amide bonds. The van der Waals surface area contributed by atoms with E-state index in [1.54, 1.807) is 41.0 Å². The lowest BCUT2D eigenvalue weighted by Crippen LogP contribution is -2.53. The van der Waals surface area contributed by atoms with Crippen LogP contribution in [-0.2, 0) is 9.59 Å². The molecule has 2 aromatic rings. The van der Waals surface area contributed by atoms with Crippen LogP contribution in [-0.4, -0.2) is 59.9 Å². The second-order valence-electron chi connectivity index (χ2n) is 8.22. The molecule has 0 aliphatic carbocycles. The highest BCUT2D eigenvalue weighted by molar-refractivity contribution is 5.95. The van der Waals surface area contributed by atoms with Crippen LogP contribution in [0.15, 0.2) is 48.5 Å². The average Bonchev–Trinajstić information content (AvgIpc) is 2.78. The number of nitrogens with zero attached hydrogens (tertiary/aromatic N) is 2. The van der Waals surface area contributed by atoms with E-state index in [2.05, 4.69) is 13.8 Å². The van der Waals surface area contributed by atoms with Gasteiger partial charge in [0, 0.05) is 38.7 Å². The van der Waals surface area contributed by atoms with Crippen molar-refractivity contribution in [2.75, 3.05) is 26.2 Å². The lowest BCUT2D eigenvalue weighted by atomic mass is 10.0. The van der Waals surface area contributed by atoms with Crippen LogP contribution in [0.25, 0.3) is 0 Å². The van der Waals surface area contributed by atoms with Crippen molar-refractivity contribution in [3.63, 3.8) is 0 Å². The van der Waals surface area contributed by atoms with Crippen LogP contribution in [0.1, 0.15) is 49.5 Å². The largest absolute Gasteiger partial charge is 0.481 e. The van der Waals surface area contributed by atoms with E-state index in [1.807, 2.05) is 24.3 Å². The maximum Gasteiger partial charge on any atom is 0.308 e. The van der Waals surface area contributed by atoms with Crippen LogP contribution in [0.4, 0.5) is 0 Å². The van der Waals surface area contributed by atoms with Crippen molar-refractivity contribution in [2.24, 2.45) is 0 Å². The molecule has 170 valence electrons. The number of amides is 2. The van der Waals surface area contributed by atoms with Crippen molar-refractivity contribution >= 4 is 17.8 Å². The van der Waals surface area contributed by atoms with Crippen molar-refractivity contribution in [3.8, 4) is 11.5 Å². The molecule has 0 N–H and O–H groups in total. The molecule has 0 saturated carbocycles. The summed E-state index contributed by atoms with van der Waals surface area (Å²) in [7, 11) is 0. The van der Waals surface area contributed by atoms with Crippen molar-refractivity contribution in [3.05, 3.63) is 59.7 Å². The van der Waals surface area contributed by atoms with E-state index >= 15 is 0 Å². The number of hydrogen-bond acceptors (Lipinski definition) is 5. The molecular formula is C25H30N2O5. The summed E-state index contributed by atoms with van der Waals surface area (Å²) in [5.41, 5.74) is 1.67. The van der Waals surface area contributed by atoms with Crippen molar-refractivity contribution in [1.82, 2.24) is 9.80 Å². The minimum absolute atomic E-state index is 0.0955. The fourth-order valence-corrected chi connectivity index (χ4v) is 3.61. The van der Waals surface area contributed by atoms with Gasteiger partial charge in [0.05, 0.1) is 0 Å². The monoisotopic (exact) mass is 438 g/mol. The van der Waals surface area contributed by atoms with Gasteiger partial charge < -0.3 is 19.3 Å². The van der Waals surface area contributed by atoms with Crippen molar-refractivity contribution < 1.29 is 23.9 Å². The molecule has 1 saturated heterocycles. The second-order valence-corrected chi connectivity index (χ2v) is 8.22. The predicted molar refractivity (Wildman–Crippen MR) is 121 cm³/mol. The summed E-state index contributed by atoms with van der Waals surface area (Å²) in [5, 5.41) is 0. The molecule has 32 heavy (non-hydrogen) atoms. The highest BCUT2D eigenvalue weighted by atomic mass is 16.5. The van der Waals surface area contributed by atoms with Gasteiger partial charge in [0.2, 0.25) is 0 Å². The van der Waals surface area contributed by atoms with E-state index in [4.69, 9.17) is 9.47 Å². The number of benzene rings is 2. The summed E-state index contributed by atoms with van der Waals surface area (Å²) in [6.07, 6.45) is -0.609. The van der Waals surface area contributed by atoms with Gasteiger partial charge in [0.15, 0.2) is 6.10 Å². The molecule has 1 heterocycles. The van der Waals surface area contributed by atoms with Gasteiger partial charge in [-0.1, -0.05) is 32.0 Å². The lowest BCUT2D eigenvalue weighted by Gasteiger charge is -2.36. The van der Waals surface area contributed by atoms with Crippen LogP contribution < -0.4 is 9.47 Å². The number of carbonyl (C=O) groups excluding carboxylic acids is 3. The van der Waals surface area contributed by atoms with E-state index in [-0.39, 0.29) is 11.8 Å². The Morgan fingerprint density at radius 1 is 0.844 bits per heavy atom. The maximum atomic E-state index is 12.8. The second kappa shape index (κ2) is 10.3. The van der Waals surface area contributed by atoms with Crippen molar-refractivity contribution in [1.29, 1.82) is 0 Å². The first-order valence-corrected chi connectivity index (χ1v) is 10.9. The quantitative estimate of drug-likeness (QED) is 0.510. The molecule has 0 aromatic heterocycles. The van der Waals surface area contributed by atoms with Crippen LogP contribution in [0.5, 0.6) is 11.5 Å². The number of esters is 1. The van der Waals surface area contributed by atoms with E-state index in [9.17, 15) is 14.4 Å². The Kier molecular flexibility index (Phi) is 7.51. The number of carbonyl (C=O) groups is 3. The Labute approximate surface area is 188 Å². The van der Waals surface area contributed by atoms with E-state index < -0.39 is 12.1 Å². The van der Waals surface area contributed by atoms with Gasteiger partial charge in [0.1, 0.15) is 11.5 Å². The third-order valence-electron chi connectivity index (χ3n) is 5.43. The molecule has 0 spiro atoms. The molecule has 7 heteroatoms. The van der Waals surface area contributed by atoms with E-state index in [0.717, 1.165) is 0 Å². The fourth-order valence-electron chi connectivity index (χ4n) is 3.61. The highest BCUT2D eigenvalue weighted by Gasteiger charge is 2.28. The smallest absolute Gasteiger partial charge is 0.308 e. The number of rotatable bonds is 6. The van der Waals surface area contributed by atoms with Gasteiger partial charge in [-0.25, -0.2) is 0 Å². The summed E-state index contributed by atoms with van der Waals surface area (Å²) in [5.74, 6) is 0.754. The van der Waals surface area contributed by atoms with Crippen molar-refractivity contribution in [2.45, 2.75) is 39.7 Å². The lowest BCUT2D eigenvalue weighted by molar-refractivity contribution is -0.139. The predicted octanol–water partition coefficient (Wildman–Crippen LogP) is 3.49. The van der Waals surface area contributed by atoms with Gasteiger partial charge in [-0.05, 0) is 48.7 Å². The SMILES string of the molecule is CC(=O)Oc1cccc(C(=O)N2CCN(C(=O)C(C)Oc3ccc(C(C)C)cc3)CC2)c1. The molecule has 0 radical (unpaired) electrons. The first-order chi connectivity index (χ1) is 15.2. The zero-order chi connectivity index (χ0) is 23.3. The highest BCUT2D eigenvalue weighted by Crippen LogP contribution is 2.20. The van der Waals surface area contributed by atoms with E-state index in [0.29, 0.717) is 49.2 Å². The summed E-state index contributed by atoms with van der Waals surface area (Å²) in [6, 6.07) is 14.4. The molecule has 1 fully saturated rings. The minimum Gasteiger partial charge on any atom is -0.481 e. The summed E-state index contributed by atoms with van der Waals surface area (Å²) in [4.78, 5) is 40.2. The zero-order valence-electron chi connectivity index (χ0n) is 19.0. The van der Waals surface area contributed by atoms with Gasteiger partial charge >= 0.3 is 5.97 Å².